The topological polar surface area (TPSA) is 42.0 Å². The van der Waals surface area contributed by atoms with Crippen molar-refractivity contribution in [3.8, 4) is 11.5 Å². The first kappa shape index (κ1) is 22.3. The van der Waals surface area contributed by atoms with E-state index in [0.717, 1.165) is 43.0 Å². The van der Waals surface area contributed by atoms with Crippen LogP contribution in [0.3, 0.4) is 0 Å². The molecule has 2 saturated heterocycles. The molecular weight excluding hydrogens is 412 g/mol. The zero-order valence-electron chi connectivity index (χ0n) is 20.6. The summed E-state index contributed by atoms with van der Waals surface area (Å²) in [5, 5.41) is 0. The third-order valence-corrected chi connectivity index (χ3v) is 8.12. The van der Waals surface area contributed by atoms with Crippen molar-refractivity contribution in [3.63, 3.8) is 0 Å². The Morgan fingerprint density at radius 1 is 0.818 bits per heavy atom. The molecule has 1 aliphatic carbocycles. The van der Waals surface area contributed by atoms with E-state index in [4.69, 9.17) is 9.47 Å². The van der Waals surface area contributed by atoms with Crippen molar-refractivity contribution in [2.24, 2.45) is 16.2 Å². The van der Waals surface area contributed by atoms with E-state index in [-0.39, 0.29) is 22.4 Å². The molecule has 3 aliphatic rings. The molecule has 5 heteroatoms. The van der Waals surface area contributed by atoms with E-state index in [0.29, 0.717) is 12.5 Å². The quantitative estimate of drug-likeness (QED) is 0.617. The summed E-state index contributed by atoms with van der Waals surface area (Å²) in [6, 6.07) is 16.5. The number of nitrogens with zero attached hydrogens (tertiary/aromatic N) is 2. The fourth-order valence-corrected chi connectivity index (χ4v) is 7.68. The molecule has 0 aromatic heterocycles. The largest absolute Gasteiger partial charge is 0.497 e. The maximum atomic E-state index is 14.0. The maximum Gasteiger partial charge on any atom is 0.230 e. The van der Waals surface area contributed by atoms with E-state index in [1.165, 1.54) is 12.0 Å². The molecule has 3 fully saturated rings. The molecule has 2 aliphatic heterocycles. The van der Waals surface area contributed by atoms with Crippen LogP contribution >= 0.6 is 0 Å². The van der Waals surface area contributed by atoms with E-state index in [1.807, 2.05) is 24.3 Å². The Morgan fingerprint density at radius 2 is 1.36 bits per heavy atom. The summed E-state index contributed by atoms with van der Waals surface area (Å²) < 4.78 is 10.7. The van der Waals surface area contributed by atoms with E-state index in [9.17, 15) is 4.79 Å². The number of likely N-dealkylation sites (tertiary alicyclic amines) is 2. The third-order valence-electron chi connectivity index (χ3n) is 8.12. The number of hydrogen-bond donors (Lipinski definition) is 0. The lowest BCUT2D eigenvalue weighted by Gasteiger charge is -2.68. The SMILES string of the molecule is COc1ccc(CN2C[C@]3(C)C[C@@]4(C)C[C@](C)(C3)[C@H]2N(Cc2ccc(OC)cc2)C4=O)cc1. The van der Waals surface area contributed by atoms with Crippen LogP contribution < -0.4 is 9.47 Å². The van der Waals surface area contributed by atoms with E-state index in [1.54, 1.807) is 14.2 Å². The van der Waals surface area contributed by atoms with Crippen LogP contribution in [0.1, 0.15) is 51.2 Å². The number of methoxy groups -OCH3 is 2. The summed E-state index contributed by atoms with van der Waals surface area (Å²) >= 11 is 0. The van der Waals surface area contributed by atoms with Crippen LogP contribution in [-0.2, 0) is 17.9 Å². The lowest BCUT2D eigenvalue weighted by Crippen LogP contribution is -2.74. The Labute approximate surface area is 197 Å². The molecule has 1 saturated carbocycles. The monoisotopic (exact) mass is 448 g/mol. The number of ether oxygens (including phenoxy) is 2. The van der Waals surface area contributed by atoms with Crippen molar-refractivity contribution >= 4 is 5.91 Å². The van der Waals surface area contributed by atoms with Crippen LogP contribution in [0.25, 0.3) is 0 Å². The molecule has 2 aromatic carbocycles. The van der Waals surface area contributed by atoms with Crippen molar-refractivity contribution in [2.45, 2.75) is 59.3 Å². The summed E-state index contributed by atoms with van der Waals surface area (Å²) in [5.74, 6) is 2.03. The second kappa shape index (κ2) is 7.76. The molecule has 2 aromatic rings. The predicted molar refractivity (Wildman–Crippen MR) is 129 cm³/mol. The van der Waals surface area contributed by atoms with Crippen LogP contribution in [0, 0.1) is 16.2 Å². The Morgan fingerprint density at radius 3 is 1.91 bits per heavy atom. The fraction of sp³-hybridized carbons (Fsp3) is 0.536. The molecule has 5 rings (SSSR count). The number of benzene rings is 2. The molecule has 0 spiro atoms. The third kappa shape index (κ3) is 3.80. The van der Waals surface area contributed by atoms with Crippen LogP contribution in [-0.4, -0.2) is 42.6 Å². The molecule has 2 heterocycles. The lowest BCUT2D eigenvalue weighted by molar-refractivity contribution is -0.224. The van der Waals surface area contributed by atoms with Gasteiger partial charge in [0, 0.05) is 30.5 Å². The minimum Gasteiger partial charge on any atom is -0.497 e. The fourth-order valence-electron chi connectivity index (χ4n) is 7.68. The van der Waals surface area contributed by atoms with Crippen molar-refractivity contribution in [1.82, 2.24) is 9.80 Å². The molecule has 0 unspecified atom stereocenters. The average Bonchev–Trinajstić information content (AvgIpc) is 2.76. The maximum absolute atomic E-state index is 14.0. The van der Waals surface area contributed by atoms with Crippen molar-refractivity contribution in [2.75, 3.05) is 20.8 Å². The number of amides is 1. The lowest BCUT2D eigenvalue weighted by atomic mass is 9.48. The van der Waals surface area contributed by atoms with Gasteiger partial charge in [-0.1, -0.05) is 45.0 Å². The van der Waals surface area contributed by atoms with Gasteiger partial charge in [0.15, 0.2) is 0 Å². The highest BCUT2D eigenvalue weighted by Gasteiger charge is 2.65. The summed E-state index contributed by atoms with van der Waals surface area (Å²) in [6.45, 7) is 9.51. The molecule has 0 radical (unpaired) electrons. The molecule has 3 bridgehead atoms. The zero-order valence-corrected chi connectivity index (χ0v) is 20.6. The first-order valence-corrected chi connectivity index (χ1v) is 12.0. The van der Waals surface area contributed by atoms with E-state index in [2.05, 4.69) is 54.8 Å². The highest BCUT2D eigenvalue weighted by atomic mass is 16.5. The van der Waals surface area contributed by atoms with Crippen LogP contribution in [0.5, 0.6) is 11.5 Å². The summed E-state index contributed by atoms with van der Waals surface area (Å²) in [4.78, 5) is 18.8. The number of fused-ring (bicyclic) bond motifs is 2. The van der Waals surface area contributed by atoms with Crippen LogP contribution in [0.15, 0.2) is 48.5 Å². The van der Waals surface area contributed by atoms with E-state index < -0.39 is 0 Å². The minimum absolute atomic E-state index is 0.0762. The second-order valence-corrected chi connectivity index (χ2v) is 11.5. The number of carbonyl (C=O) groups is 1. The van der Waals surface area contributed by atoms with Gasteiger partial charge >= 0.3 is 0 Å². The smallest absolute Gasteiger partial charge is 0.230 e. The summed E-state index contributed by atoms with van der Waals surface area (Å²) in [6.07, 6.45) is 3.19. The Kier molecular flexibility index (Phi) is 5.24. The number of piperidine rings is 2. The highest BCUT2D eigenvalue weighted by molar-refractivity contribution is 5.84. The first-order valence-electron chi connectivity index (χ1n) is 12.0. The van der Waals surface area contributed by atoms with Crippen molar-refractivity contribution in [3.05, 3.63) is 59.7 Å². The highest BCUT2D eigenvalue weighted by Crippen LogP contribution is 2.64. The normalized spacial score (nSPS) is 33.3. The van der Waals surface area contributed by atoms with Crippen molar-refractivity contribution in [1.29, 1.82) is 0 Å². The van der Waals surface area contributed by atoms with Gasteiger partial charge in [-0.05, 0) is 60.1 Å². The molecular formula is C28H36N2O3. The van der Waals surface area contributed by atoms with Crippen LogP contribution in [0.4, 0.5) is 0 Å². The van der Waals surface area contributed by atoms with Gasteiger partial charge in [-0.25, -0.2) is 0 Å². The number of hydrogen-bond acceptors (Lipinski definition) is 4. The molecule has 0 N–H and O–H groups in total. The summed E-state index contributed by atoms with van der Waals surface area (Å²) in [7, 11) is 3.38. The first-order chi connectivity index (χ1) is 15.7. The second-order valence-electron chi connectivity index (χ2n) is 11.5. The molecule has 1 amide bonds. The Hall–Kier alpha value is -2.53. The average molecular weight is 449 g/mol. The Balaban J connectivity index is 1.51. The number of carbonyl (C=O) groups excluding carboxylic acids is 1. The van der Waals surface area contributed by atoms with Crippen molar-refractivity contribution < 1.29 is 14.3 Å². The molecule has 5 nitrogen and oxygen atoms in total. The zero-order chi connectivity index (χ0) is 23.4. The van der Waals surface area contributed by atoms with Gasteiger partial charge in [0.1, 0.15) is 11.5 Å². The van der Waals surface area contributed by atoms with Gasteiger partial charge < -0.3 is 14.4 Å². The van der Waals surface area contributed by atoms with Gasteiger partial charge in [0.05, 0.1) is 20.4 Å². The van der Waals surface area contributed by atoms with Gasteiger partial charge in [-0.3, -0.25) is 9.69 Å². The van der Waals surface area contributed by atoms with Gasteiger partial charge in [0.2, 0.25) is 5.91 Å². The standard InChI is InChI=1S/C28H36N2O3/c1-26-16-27(2)18-28(3,17-26)25(31)30(15-21-8-12-23(33-5)13-9-21)24(27)29(19-26)14-20-6-10-22(32-4)11-7-20/h6-13,24H,14-19H2,1-5H3/t24-,26+,27+,28+/m1/s1. The van der Waals surface area contributed by atoms with Gasteiger partial charge in [-0.2, -0.15) is 0 Å². The molecule has 33 heavy (non-hydrogen) atoms. The Bertz CT molecular complexity index is 1030. The van der Waals surface area contributed by atoms with Gasteiger partial charge in [-0.15, -0.1) is 0 Å². The minimum atomic E-state index is -0.281. The summed E-state index contributed by atoms with van der Waals surface area (Å²) in [5.41, 5.74) is 2.36. The predicted octanol–water partition coefficient (Wildman–Crippen LogP) is 5.09. The van der Waals surface area contributed by atoms with Gasteiger partial charge in [0.25, 0.3) is 0 Å². The number of rotatable bonds is 6. The molecule has 176 valence electrons. The van der Waals surface area contributed by atoms with E-state index >= 15 is 0 Å². The van der Waals surface area contributed by atoms with Crippen LogP contribution in [0.2, 0.25) is 0 Å². The molecule has 4 atom stereocenters.